The topological polar surface area (TPSA) is 34.1 Å². The maximum atomic E-state index is 11.8. The highest BCUT2D eigenvalue weighted by molar-refractivity contribution is 7.86. The van der Waals surface area contributed by atoms with E-state index in [1.54, 1.807) is 0 Å². The van der Waals surface area contributed by atoms with Crippen molar-refractivity contribution in [1.29, 1.82) is 0 Å². The number of alkyl halides is 3. The molecule has 0 saturated carbocycles. The fraction of sp³-hybridized carbons (Fsp3) is 1.00. The Kier molecular flexibility index (Phi) is 3.49. The summed E-state index contributed by atoms with van der Waals surface area (Å²) in [6.45, 7) is 1.03. The minimum Gasteiger partial charge on any atom is -0.195 e. The summed E-state index contributed by atoms with van der Waals surface area (Å²) in [7, 11) is -4.80. The van der Waals surface area contributed by atoms with Crippen molar-refractivity contribution in [1.82, 2.24) is 0 Å². The predicted octanol–water partition coefficient (Wildman–Crippen LogP) is 1.87. The predicted molar refractivity (Wildman–Crippen MR) is 34.7 cm³/mol. The number of hydrogen-bond donors (Lipinski definition) is 0. The summed E-state index contributed by atoms with van der Waals surface area (Å²) in [6.07, 6.45) is -5.72. The molecule has 0 aliphatic carbocycles. The Morgan fingerprint density at radius 3 is 2.00 bits per heavy atom. The zero-order chi connectivity index (χ0) is 9.99. The molecule has 0 saturated heterocycles. The summed E-state index contributed by atoms with van der Waals surface area (Å²) in [6, 6.07) is 0. The first-order chi connectivity index (χ1) is 5.10. The van der Waals surface area contributed by atoms with Crippen LogP contribution in [-0.2, 0) is 10.2 Å². The van der Waals surface area contributed by atoms with Gasteiger partial charge in [-0.15, -0.1) is 3.89 Å². The lowest BCUT2D eigenvalue weighted by molar-refractivity contribution is -0.141. The minimum atomic E-state index is -4.80. The van der Waals surface area contributed by atoms with Gasteiger partial charge in [0, 0.05) is 6.42 Å². The van der Waals surface area contributed by atoms with Crippen molar-refractivity contribution >= 4 is 10.2 Å². The van der Waals surface area contributed by atoms with Crippen LogP contribution in [0.15, 0.2) is 0 Å². The second-order valence-corrected chi connectivity index (χ2v) is 4.04. The van der Waals surface area contributed by atoms with Crippen molar-refractivity contribution in [3.05, 3.63) is 0 Å². The van der Waals surface area contributed by atoms with Crippen molar-refractivity contribution in [2.24, 2.45) is 5.92 Å². The summed E-state index contributed by atoms with van der Waals surface area (Å²) >= 11 is 0. The Balaban J connectivity index is 4.00. The van der Waals surface area contributed by atoms with E-state index in [-0.39, 0.29) is 0 Å². The van der Waals surface area contributed by atoms with Crippen molar-refractivity contribution in [3.8, 4) is 0 Å². The highest BCUT2D eigenvalue weighted by Gasteiger charge is 2.31. The minimum absolute atomic E-state index is 1.03. The van der Waals surface area contributed by atoms with Crippen LogP contribution in [0.2, 0.25) is 0 Å². The zero-order valence-corrected chi connectivity index (χ0v) is 7.04. The number of halogens is 4. The summed E-state index contributed by atoms with van der Waals surface area (Å²) in [5, 5.41) is 0. The van der Waals surface area contributed by atoms with Crippen LogP contribution in [0.25, 0.3) is 0 Å². The molecular weight excluding hydrogens is 200 g/mol. The molecular formula is C5H8F4O2S. The monoisotopic (exact) mass is 208 g/mol. The van der Waals surface area contributed by atoms with Crippen LogP contribution < -0.4 is 0 Å². The van der Waals surface area contributed by atoms with Gasteiger partial charge in [0.25, 0.3) is 0 Å². The van der Waals surface area contributed by atoms with Crippen molar-refractivity contribution in [2.75, 3.05) is 5.75 Å². The van der Waals surface area contributed by atoms with E-state index in [1.165, 1.54) is 0 Å². The van der Waals surface area contributed by atoms with Gasteiger partial charge in [-0.05, 0) is 5.92 Å². The van der Waals surface area contributed by atoms with Gasteiger partial charge in [0.2, 0.25) is 0 Å². The first-order valence-electron chi connectivity index (χ1n) is 3.09. The van der Waals surface area contributed by atoms with Crippen LogP contribution in [0.1, 0.15) is 13.3 Å². The van der Waals surface area contributed by atoms with E-state index in [0.717, 1.165) is 6.92 Å². The average Bonchev–Trinajstić information content (AvgIpc) is 1.49. The molecule has 0 aliphatic heterocycles. The molecule has 0 aromatic heterocycles. The van der Waals surface area contributed by atoms with Crippen LogP contribution in [0.5, 0.6) is 0 Å². The van der Waals surface area contributed by atoms with E-state index in [1.807, 2.05) is 0 Å². The molecule has 0 radical (unpaired) electrons. The van der Waals surface area contributed by atoms with E-state index in [4.69, 9.17) is 0 Å². The maximum absolute atomic E-state index is 11.8. The summed E-state index contributed by atoms with van der Waals surface area (Å²) in [4.78, 5) is 0. The third kappa shape index (κ3) is 7.77. The van der Waals surface area contributed by atoms with Gasteiger partial charge in [0.15, 0.2) is 0 Å². The molecule has 0 spiro atoms. The molecule has 2 nitrogen and oxygen atoms in total. The van der Waals surface area contributed by atoms with Gasteiger partial charge >= 0.3 is 16.4 Å². The molecule has 0 fully saturated rings. The largest absolute Gasteiger partial charge is 0.389 e. The summed E-state index contributed by atoms with van der Waals surface area (Å²) < 4.78 is 66.3. The van der Waals surface area contributed by atoms with Gasteiger partial charge in [0.1, 0.15) is 0 Å². The molecule has 0 amide bonds. The van der Waals surface area contributed by atoms with Gasteiger partial charge in [0.05, 0.1) is 5.75 Å². The van der Waals surface area contributed by atoms with Gasteiger partial charge in [-0.1, -0.05) is 6.92 Å². The molecule has 0 bridgehead atoms. The average molecular weight is 208 g/mol. The van der Waals surface area contributed by atoms with E-state index >= 15 is 0 Å². The van der Waals surface area contributed by atoms with E-state index in [9.17, 15) is 25.5 Å². The molecule has 0 N–H and O–H groups in total. The molecule has 12 heavy (non-hydrogen) atoms. The lowest BCUT2D eigenvalue weighted by Crippen LogP contribution is -2.18. The first kappa shape index (κ1) is 11.7. The Morgan fingerprint density at radius 1 is 1.33 bits per heavy atom. The fourth-order valence-corrected chi connectivity index (χ4v) is 1.59. The fourth-order valence-electron chi connectivity index (χ4n) is 0.794. The maximum Gasteiger partial charge on any atom is 0.389 e. The highest BCUT2D eigenvalue weighted by Crippen LogP contribution is 2.25. The molecule has 0 rings (SSSR count). The lowest BCUT2D eigenvalue weighted by atomic mass is 10.1. The molecule has 1 unspecified atom stereocenters. The third-order valence-electron chi connectivity index (χ3n) is 1.06. The van der Waals surface area contributed by atoms with Gasteiger partial charge in [-0.3, -0.25) is 0 Å². The Morgan fingerprint density at radius 2 is 1.75 bits per heavy atom. The number of hydrogen-bond acceptors (Lipinski definition) is 2. The van der Waals surface area contributed by atoms with Crippen molar-refractivity contribution in [2.45, 2.75) is 19.5 Å². The number of rotatable bonds is 3. The smallest absolute Gasteiger partial charge is 0.195 e. The summed E-state index contributed by atoms with van der Waals surface area (Å²) in [5.41, 5.74) is 0. The molecule has 0 heterocycles. The van der Waals surface area contributed by atoms with Crippen LogP contribution in [0.3, 0.4) is 0 Å². The SMILES string of the molecule is CC(CC(F)(F)F)CS(=O)(=O)F. The lowest BCUT2D eigenvalue weighted by Gasteiger charge is -2.10. The quantitative estimate of drug-likeness (QED) is 0.524. The standard InChI is InChI=1S/C5H8F4O2S/c1-4(2-5(6,7)8)3-12(9,10)11/h4H,2-3H2,1H3. The second-order valence-electron chi connectivity index (χ2n) is 2.63. The second kappa shape index (κ2) is 3.59. The Labute approximate surface area is 67.8 Å². The molecule has 0 aromatic rings. The van der Waals surface area contributed by atoms with Crippen molar-refractivity contribution < 1.29 is 25.5 Å². The molecule has 0 aliphatic rings. The van der Waals surface area contributed by atoms with E-state index in [2.05, 4.69) is 0 Å². The van der Waals surface area contributed by atoms with Gasteiger partial charge in [-0.25, -0.2) is 0 Å². The third-order valence-corrected chi connectivity index (χ3v) is 2.03. The van der Waals surface area contributed by atoms with Crippen LogP contribution in [-0.4, -0.2) is 20.3 Å². The molecule has 7 heteroatoms. The van der Waals surface area contributed by atoms with Gasteiger partial charge in [-0.2, -0.15) is 21.6 Å². The van der Waals surface area contributed by atoms with Crippen LogP contribution in [0, 0.1) is 5.92 Å². The summed E-state index contributed by atoms with van der Waals surface area (Å²) in [5.74, 6) is -2.31. The zero-order valence-electron chi connectivity index (χ0n) is 6.23. The van der Waals surface area contributed by atoms with E-state index < -0.39 is 34.5 Å². The first-order valence-corrected chi connectivity index (χ1v) is 4.64. The molecule has 1 atom stereocenters. The molecule has 74 valence electrons. The Bertz CT molecular complexity index is 230. The highest BCUT2D eigenvalue weighted by atomic mass is 32.3. The van der Waals surface area contributed by atoms with E-state index in [0.29, 0.717) is 0 Å². The van der Waals surface area contributed by atoms with Crippen LogP contribution in [0.4, 0.5) is 17.1 Å². The van der Waals surface area contributed by atoms with Crippen LogP contribution >= 0.6 is 0 Å². The normalized spacial score (nSPS) is 16.1. The van der Waals surface area contributed by atoms with Gasteiger partial charge < -0.3 is 0 Å². The Hall–Kier alpha value is -0.330. The van der Waals surface area contributed by atoms with Crippen molar-refractivity contribution in [3.63, 3.8) is 0 Å². The molecule has 0 aromatic carbocycles.